The van der Waals surface area contributed by atoms with Crippen LogP contribution in [0, 0.1) is 0 Å². The molecule has 8 heteroatoms. The molecule has 4 rings (SSSR count). The number of carboxylic acids is 1. The summed E-state index contributed by atoms with van der Waals surface area (Å²) in [5.74, 6) is -2.51. The predicted molar refractivity (Wildman–Crippen MR) is 126 cm³/mol. The zero-order chi connectivity index (χ0) is 24.2. The normalized spacial score (nSPS) is 13.8. The number of anilines is 2. The largest absolute Gasteiger partial charge is 0.493 e. The molecule has 0 saturated carbocycles. The van der Waals surface area contributed by atoms with Gasteiger partial charge in [-0.3, -0.25) is 9.59 Å². The molecular formula is C26H20N2O6. The van der Waals surface area contributed by atoms with Gasteiger partial charge >= 0.3 is 12.0 Å². The highest BCUT2D eigenvalue weighted by Crippen LogP contribution is 2.31. The van der Waals surface area contributed by atoms with Crippen LogP contribution < -0.4 is 14.5 Å². The molecular weight excluding hydrogens is 436 g/mol. The summed E-state index contributed by atoms with van der Waals surface area (Å²) in [6, 6.07) is 19.9. The molecule has 3 aromatic rings. The summed E-state index contributed by atoms with van der Waals surface area (Å²) in [4.78, 5) is 53.6. The standard InChI is InChI=1S/C26H20N2O6/c1-2-34-22-14-13-17(25(31)32)15-18(22)16-21-23(29)27(19-9-5-3-6-10-19)26(33)28(24(21)30)20-11-7-4-8-12-20/h3-16H,2H2,1H3,(H,31,32). The second-order valence-corrected chi connectivity index (χ2v) is 7.28. The van der Waals surface area contributed by atoms with Crippen LogP contribution in [-0.4, -0.2) is 35.5 Å². The summed E-state index contributed by atoms with van der Waals surface area (Å²) >= 11 is 0. The molecule has 1 saturated heterocycles. The van der Waals surface area contributed by atoms with E-state index in [-0.39, 0.29) is 23.3 Å². The average molecular weight is 456 g/mol. The molecule has 0 atom stereocenters. The number of barbiturate groups is 1. The van der Waals surface area contributed by atoms with Gasteiger partial charge in [-0.15, -0.1) is 0 Å². The molecule has 1 N–H and O–H groups in total. The first kappa shape index (κ1) is 22.5. The Morgan fingerprint density at radius 1 is 0.853 bits per heavy atom. The van der Waals surface area contributed by atoms with Crippen molar-refractivity contribution in [1.82, 2.24) is 0 Å². The Balaban J connectivity index is 1.91. The van der Waals surface area contributed by atoms with Gasteiger partial charge in [0.1, 0.15) is 11.3 Å². The average Bonchev–Trinajstić information content (AvgIpc) is 2.84. The second-order valence-electron chi connectivity index (χ2n) is 7.28. The van der Waals surface area contributed by atoms with Gasteiger partial charge in [0.25, 0.3) is 11.8 Å². The Labute approximate surface area is 195 Å². The molecule has 0 bridgehead atoms. The molecule has 8 nitrogen and oxygen atoms in total. The number of carboxylic acid groups (broad SMARTS) is 1. The number of carbonyl (C=O) groups is 4. The van der Waals surface area contributed by atoms with E-state index in [9.17, 15) is 24.3 Å². The highest BCUT2D eigenvalue weighted by atomic mass is 16.5. The van der Waals surface area contributed by atoms with Gasteiger partial charge in [-0.1, -0.05) is 36.4 Å². The van der Waals surface area contributed by atoms with E-state index in [2.05, 4.69) is 0 Å². The van der Waals surface area contributed by atoms with Gasteiger partial charge in [-0.05, 0) is 55.5 Å². The Hall–Kier alpha value is -4.72. The zero-order valence-electron chi connectivity index (χ0n) is 18.2. The lowest BCUT2D eigenvalue weighted by molar-refractivity contribution is -0.121. The first-order valence-electron chi connectivity index (χ1n) is 10.5. The van der Waals surface area contributed by atoms with Crippen molar-refractivity contribution in [3.63, 3.8) is 0 Å². The molecule has 0 aliphatic carbocycles. The fourth-order valence-electron chi connectivity index (χ4n) is 3.58. The molecule has 3 aromatic carbocycles. The van der Waals surface area contributed by atoms with Crippen molar-refractivity contribution in [2.45, 2.75) is 6.92 Å². The number of urea groups is 1. The number of amides is 4. The summed E-state index contributed by atoms with van der Waals surface area (Å²) in [6.07, 6.45) is 1.26. The van der Waals surface area contributed by atoms with Crippen LogP contribution in [0.15, 0.2) is 84.4 Å². The van der Waals surface area contributed by atoms with Crippen LogP contribution in [0.4, 0.5) is 16.2 Å². The number of para-hydroxylation sites is 2. The Kier molecular flexibility index (Phi) is 6.22. The van der Waals surface area contributed by atoms with E-state index < -0.39 is 23.8 Å². The van der Waals surface area contributed by atoms with Crippen molar-refractivity contribution in [2.75, 3.05) is 16.4 Å². The number of aromatic carboxylic acids is 1. The van der Waals surface area contributed by atoms with Gasteiger partial charge in [-0.2, -0.15) is 0 Å². The molecule has 170 valence electrons. The first-order chi connectivity index (χ1) is 16.4. The lowest BCUT2D eigenvalue weighted by Crippen LogP contribution is -2.57. The number of ether oxygens (including phenoxy) is 1. The first-order valence-corrected chi connectivity index (χ1v) is 10.5. The van der Waals surface area contributed by atoms with Crippen LogP contribution >= 0.6 is 0 Å². The molecule has 4 amide bonds. The lowest BCUT2D eigenvalue weighted by Gasteiger charge is -2.34. The topological polar surface area (TPSA) is 104 Å². The Morgan fingerprint density at radius 2 is 1.38 bits per heavy atom. The number of nitrogens with zero attached hydrogens (tertiary/aromatic N) is 2. The number of imide groups is 2. The fraction of sp³-hybridized carbons (Fsp3) is 0.0769. The van der Waals surface area contributed by atoms with Crippen molar-refractivity contribution >= 4 is 41.3 Å². The van der Waals surface area contributed by atoms with Crippen molar-refractivity contribution in [1.29, 1.82) is 0 Å². The van der Waals surface area contributed by atoms with Crippen LogP contribution in [-0.2, 0) is 9.59 Å². The lowest BCUT2D eigenvalue weighted by atomic mass is 10.0. The molecule has 1 heterocycles. The fourth-order valence-corrected chi connectivity index (χ4v) is 3.58. The minimum absolute atomic E-state index is 0.0399. The van der Waals surface area contributed by atoms with Crippen LogP contribution in [0.3, 0.4) is 0 Å². The second kappa shape index (κ2) is 9.41. The maximum atomic E-state index is 13.4. The van der Waals surface area contributed by atoms with Gasteiger partial charge in [0, 0.05) is 5.56 Å². The van der Waals surface area contributed by atoms with E-state index in [1.54, 1.807) is 67.6 Å². The number of carbonyl (C=O) groups excluding carboxylic acids is 3. The Bertz CT molecular complexity index is 1240. The highest BCUT2D eigenvalue weighted by molar-refractivity contribution is 6.46. The SMILES string of the molecule is CCOc1ccc(C(=O)O)cc1C=C1C(=O)N(c2ccccc2)C(=O)N(c2ccccc2)C1=O. The summed E-state index contributed by atoms with van der Waals surface area (Å²) in [7, 11) is 0. The van der Waals surface area contributed by atoms with E-state index in [0.717, 1.165) is 9.80 Å². The van der Waals surface area contributed by atoms with Crippen molar-refractivity contribution in [3.05, 3.63) is 95.6 Å². The zero-order valence-corrected chi connectivity index (χ0v) is 18.2. The van der Waals surface area contributed by atoms with Gasteiger partial charge in [0.2, 0.25) is 0 Å². The Morgan fingerprint density at radius 3 is 1.85 bits per heavy atom. The molecule has 1 fully saturated rings. The summed E-state index contributed by atoms with van der Waals surface area (Å²) < 4.78 is 5.57. The van der Waals surface area contributed by atoms with Crippen molar-refractivity contribution < 1.29 is 29.0 Å². The van der Waals surface area contributed by atoms with Crippen molar-refractivity contribution in [3.8, 4) is 5.75 Å². The number of benzene rings is 3. The molecule has 0 spiro atoms. The third-order valence-electron chi connectivity index (χ3n) is 5.13. The molecule has 34 heavy (non-hydrogen) atoms. The van der Waals surface area contributed by atoms with E-state index in [1.165, 1.54) is 24.3 Å². The number of rotatable bonds is 6. The maximum Gasteiger partial charge on any atom is 0.343 e. The van der Waals surface area contributed by atoms with Gasteiger partial charge in [-0.25, -0.2) is 19.4 Å². The summed E-state index contributed by atoms with van der Waals surface area (Å²) in [5, 5.41) is 9.40. The third kappa shape index (κ3) is 4.16. The molecule has 0 radical (unpaired) electrons. The molecule has 0 aromatic heterocycles. The van der Waals surface area contributed by atoms with Gasteiger partial charge < -0.3 is 9.84 Å². The van der Waals surface area contributed by atoms with Crippen molar-refractivity contribution in [2.24, 2.45) is 0 Å². The highest BCUT2D eigenvalue weighted by Gasteiger charge is 2.43. The third-order valence-corrected chi connectivity index (χ3v) is 5.13. The van der Waals surface area contributed by atoms with E-state index in [1.807, 2.05) is 0 Å². The molecule has 1 aliphatic heterocycles. The van der Waals surface area contributed by atoms with Crippen LogP contribution in [0.1, 0.15) is 22.8 Å². The van der Waals surface area contributed by atoms with E-state index in [0.29, 0.717) is 17.1 Å². The van der Waals surface area contributed by atoms with Crippen LogP contribution in [0.5, 0.6) is 5.75 Å². The smallest absolute Gasteiger partial charge is 0.343 e. The summed E-state index contributed by atoms with van der Waals surface area (Å²) in [6.45, 7) is 2.04. The van der Waals surface area contributed by atoms with Crippen LogP contribution in [0.25, 0.3) is 6.08 Å². The molecule has 0 unspecified atom stereocenters. The monoisotopic (exact) mass is 456 g/mol. The number of hydrogen-bond acceptors (Lipinski definition) is 5. The maximum absolute atomic E-state index is 13.4. The van der Waals surface area contributed by atoms with Gasteiger partial charge in [0.15, 0.2) is 0 Å². The predicted octanol–water partition coefficient (Wildman–Crippen LogP) is 4.37. The van der Waals surface area contributed by atoms with E-state index >= 15 is 0 Å². The minimum atomic E-state index is -1.17. The summed E-state index contributed by atoms with van der Waals surface area (Å²) in [5.41, 5.74) is 0.467. The van der Waals surface area contributed by atoms with Crippen LogP contribution in [0.2, 0.25) is 0 Å². The number of hydrogen-bond donors (Lipinski definition) is 1. The molecule has 1 aliphatic rings. The quantitative estimate of drug-likeness (QED) is 0.436. The van der Waals surface area contributed by atoms with E-state index in [4.69, 9.17) is 4.74 Å². The van der Waals surface area contributed by atoms with Gasteiger partial charge in [0.05, 0.1) is 23.5 Å². The minimum Gasteiger partial charge on any atom is -0.493 e.